The SMILES string of the molecule is CC12CCC(C(F)F)CC1CC(N1CCCC(N)C1)C2Oc1ccc(C#N)cc1. The minimum Gasteiger partial charge on any atom is -0.488 e. The molecule has 0 amide bonds. The Morgan fingerprint density at radius 2 is 2.00 bits per heavy atom. The van der Waals surface area contributed by atoms with Gasteiger partial charge in [0.1, 0.15) is 11.9 Å². The number of alkyl halides is 2. The summed E-state index contributed by atoms with van der Waals surface area (Å²) in [5, 5.41) is 9.04. The first-order valence-electron chi connectivity index (χ1n) is 10.9. The molecule has 158 valence electrons. The number of hydrogen-bond donors (Lipinski definition) is 1. The quantitative estimate of drug-likeness (QED) is 0.819. The Balaban J connectivity index is 1.60. The first-order chi connectivity index (χ1) is 13.9. The van der Waals surface area contributed by atoms with Gasteiger partial charge in [0.15, 0.2) is 0 Å². The van der Waals surface area contributed by atoms with Gasteiger partial charge in [0.05, 0.1) is 11.6 Å². The fraction of sp³-hybridized carbons (Fsp3) is 0.696. The van der Waals surface area contributed by atoms with Gasteiger partial charge in [-0.15, -0.1) is 0 Å². The summed E-state index contributed by atoms with van der Waals surface area (Å²) in [4.78, 5) is 2.45. The molecule has 4 nitrogen and oxygen atoms in total. The number of benzene rings is 1. The third-order valence-corrected chi connectivity index (χ3v) is 7.66. The molecule has 6 unspecified atom stereocenters. The van der Waals surface area contributed by atoms with Gasteiger partial charge in [0.2, 0.25) is 6.43 Å². The number of nitriles is 1. The molecule has 1 saturated heterocycles. The molecule has 1 aromatic carbocycles. The zero-order chi connectivity index (χ0) is 20.6. The Bertz CT molecular complexity index is 749. The number of likely N-dealkylation sites (tertiary alicyclic amines) is 1. The third-order valence-electron chi connectivity index (χ3n) is 7.66. The molecule has 2 aliphatic carbocycles. The van der Waals surface area contributed by atoms with Crippen molar-refractivity contribution in [2.45, 2.75) is 70.1 Å². The standard InChI is InChI=1S/C23H31F2N3O/c1-23-9-8-16(22(24)25)11-17(23)12-20(28-10-2-3-18(27)14-28)21(23)29-19-6-4-15(13-26)5-7-19/h4-7,16-18,20-22H,2-3,8-12,14,27H2,1H3. The lowest BCUT2D eigenvalue weighted by Crippen LogP contribution is -2.54. The van der Waals surface area contributed by atoms with E-state index < -0.39 is 12.3 Å². The van der Waals surface area contributed by atoms with Crippen LogP contribution < -0.4 is 10.5 Å². The van der Waals surface area contributed by atoms with Crippen molar-refractivity contribution >= 4 is 0 Å². The molecule has 2 N–H and O–H groups in total. The van der Waals surface area contributed by atoms with Crippen LogP contribution in [0.25, 0.3) is 0 Å². The van der Waals surface area contributed by atoms with Crippen LogP contribution in [0.15, 0.2) is 24.3 Å². The van der Waals surface area contributed by atoms with E-state index >= 15 is 0 Å². The van der Waals surface area contributed by atoms with E-state index in [0.29, 0.717) is 18.4 Å². The number of fused-ring (bicyclic) bond motifs is 1. The van der Waals surface area contributed by atoms with Crippen molar-refractivity contribution in [1.82, 2.24) is 4.90 Å². The van der Waals surface area contributed by atoms with Crippen LogP contribution in [-0.4, -0.2) is 42.6 Å². The summed E-state index contributed by atoms with van der Waals surface area (Å²) in [6, 6.07) is 9.73. The molecule has 6 atom stereocenters. The highest BCUT2D eigenvalue weighted by atomic mass is 19.3. The Morgan fingerprint density at radius 3 is 2.66 bits per heavy atom. The maximum atomic E-state index is 13.4. The monoisotopic (exact) mass is 403 g/mol. The van der Waals surface area contributed by atoms with E-state index in [9.17, 15) is 8.78 Å². The van der Waals surface area contributed by atoms with Crippen LogP contribution >= 0.6 is 0 Å². The molecular weight excluding hydrogens is 372 g/mol. The Hall–Kier alpha value is -1.71. The maximum absolute atomic E-state index is 13.4. The van der Waals surface area contributed by atoms with Gasteiger partial charge in [-0.3, -0.25) is 4.90 Å². The fourth-order valence-corrected chi connectivity index (χ4v) is 5.93. The molecule has 4 rings (SSSR count). The predicted molar refractivity (Wildman–Crippen MR) is 108 cm³/mol. The van der Waals surface area contributed by atoms with Crippen molar-refractivity contribution < 1.29 is 13.5 Å². The van der Waals surface area contributed by atoms with Crippen molar-refractivity contribution in [1.29, 1.82) is 5.26 Å². The molecule has 2 saturated carbocycles. The van der Waals surface area contributed by atoms with Crippen LogP contribution in [0.1, 0.15) is 51.0 Å². The van der Waals surface area contributed by atoms with Crippen LogP contribution in [0.4, 0.5) is 8.78 Å². The van der Waals surface area contributed by atoms with Crippen molar-refractivity contribution in [2.75, 3.05) is 13.1 Å². The molecule has 0 aromatic heterocycles. The zero-order valence-corrected chi connectivity index (χ0v) is 17.1. The molecule has 0 radical (unpaired) electrons. The smallest absolute Gasteiger partial charge is 0.241 e. The molecular formula is C23H31F2N3O. The average molecular weight is 404 g/mol. The second kappa shape index (κ2) is 8.20. The summed E-state index contributed by atoms with van der Waals surface area (Å²) in [6.07, 6.45) is 2.63. The van der Waals surface area contributed by atoms with Crippen LogP contribution in [-0.2, 0) is 0 Å². The van der Waals surface area contributed by atoms with Gasteiger partial charge in [0.25, 0.3) is 0 Å². The Labute approximate surface area is 172 Å². The highest BCUT2D eigenvalue weighted by Gasteiger charge is 2.57. The van der Waals surface area contributed by atoms with Crippen LogP contribution in [0.2, 0.25) is 0 Å². The van der Waals surface area contributed by atoms with E-state index in [1.54, 1.807) is 12.1 Å². The normalized spacial score (nSPS) is 37.9. The fourth-order valence-electron chi connectivity index (χ4n) is 5.93. The minimum absolute atomic E-state index is 0.0515. The van der Waals surface area contributed by atoms with E-state index in [1.165, 1.54) is 0 Å². The number of nitrogens with two attached hydrogens (primary N) is 1. The first-order valence-corrected chi connectivity index (χ1v) is 10.9. The molecule has 3 fully saturated rings. The van der Waals surface area contributed by atoms with Gasteiger partial charge in [-0.1, -0.05) is 6.92 Å². The number of piperidine rings is 1. The molecule has 1 aliphatic heterocycles. The average Bonchev–Trinajstić information content (AvgIpc) is 3.00. The Kier molecular flexibility index (Phi) is 5.81. The summed E-state index contributed by atoms with van der Waals surface area (Å²) in [6.45, 7) is 4.07. The van der Waals surface area contributed by atoms with E-state index in [-0.39, 0.29) is 29.5 Å². The van der Waals surface area contributed by atoms with Gasteiger partial charge in [0, 0.05) is 30.0 Å². The number of nitrogens with zero attached hydrogens (tertiary/aromatic N) is 2. The number of halogens is 2. The summed E-state index contributed by atoms with van der Waals surface area (Å²) in [5.74, 6) is 0.492. The van der Waals surface area contributed by atoms with E-state index in [0.717, 1.165) is 44.5 Å². The zero-order valence-electron chi connectivity index (χ0n) is 17.1. The van der Waals surface area contributed by atoms with E-state index in [2.05, 4.69) is 17.9 Å². The lowest BCUT2D eigenvalue weighted by molar-refractivity contribution is -0.0399. The second-order valence-corrected chi connectivity index (χ2v) is 9.45. The van der Waals surface area contributed by atoms with E-state index in [1.807, 2.05) is 12.1 Å². The van der Waals surface area contributed by atoms with Gasteiger partial charge in [-0.25, -0.2) is 8.78 Å². The highest BCUT2D eigenvalue weighted by Crippen LogP contribution is 2.56. The molecule has 1 aromatic rings. The summed E-state index contributed by atoms with van der Waals surface area (Å²) in [5.41, 5.74) is 6.73. The third kappa shape index (κ3) is 4.00. The largest absolute Gasteiger partial charge is 0.488 e. The van der Waals surface area contributed by atoms with Crippen molar-refractivity contribution in [3.63, 3.8) is 0 Å². The topological polar surface area (TPSA) is 62.3 Å². The highest BCUT2D eigenvalue weighted by molar-refractivity contribution is 5.35. The van der Waals surface area contributed by atoms with Crippen molar-refractivity contribution in [3.8, 4) is 11.8 Å². The number of rotatable bonds is 4. The Morgan fingerprint density at radius 1 is 1.24 bits per heavy atom. The molecule has 1 heterocycles. The van der Waals surface area contributed by atoms with Crippen LogP contribution in [0, 0.1) is 28.6 Å². The van der Waals surface area contributed by atoms with Crippen molar-refractivity contribution in [3.05, 3.63) is 29.8 Å². The van der Waals surface area contributed by atoms with Crippen LogP contribution in [0.3, 0.4) is 0 Å². The van der Waals surface area contributed by atoms with Crippen molar-refractivity contribution in [2.24, 2.45) is 23.0 Å². The molecule has 3 aliphatic rings. The molecule has 6 heteroatoms. The summed E-state index contributed by atoms with van der Waals surface area (Å²) >= 11 is 0. The van der Waals surface area contributed by atoms with Gasteiger partial charge >= 0.3 is 0 Å². The number of hydrogen-bond acceptors (Lipinski definition) is 4. The predicted octanol–water partition coefficient (Wildman–Crippen LogP) is 4.19. The van der Waals surface area contributed by atoms with E-state index in [4.69, 9.17) is 15.7 Å². The van der Waals surface area contributed by atoms with Crippen LogP contribution in [0.5, 0.6) is 5.75 Å². The van der Waals surface area contributed by atoms with Gasteiger partial charge in [-0.05, 0) is 75.3 Å². The number of ether oxygens (including phenoxy) is 1. The lowest BCUT2D eigenvalue weighted by Gasteiger charge is -2.44. The molecule has 0 spiro atoms. The van der Waals surface area contributed by atoms with Gasteiger partial charge < -0.3 is 10.5 Å². The maximum Gasteiger partial charge on any atom is 0.241 e. The summed E-state index contributed by atoms with van der Waals surface area (Å²) in [7, 11) is 0. The van der Waals surface area contributed by atoms with Gasteiger partial charge in [-0.2, -0.15) is 5.26 Å². The first kappa shape index (κ1) is 20.6. The second-order valence-electron chi connectivity index (χ2n) is 9.45. The lowest BCUT2D eigenvalue weighted by atomic mass is 9.65. The molecule has 29 heavy (non-hydrogen) atoms. The molecule has 0 bridgehead atoms. The minimum atomic E-state index is -2.24. The summed E-state index contributed by atoms with van der Waals surface area (Å²) < 4.78 is 33.4.